The summed E-state index contributed by atoms with van der Waals surface area (Å²) in [4.78, 5) is 12.9. The van der Waals surface area contributed by atoms with Gasteiger partial charge in [0.15, 0.2) is 0 Å². The topological polar surface area (TPSA) is 66.5 Å². The van der Waals surface area contributed by atoms with Gasteiger partial charge in [-0.2, -0.15) is 0 Å². The van der Waals surface area contributed by atoms with Gasteiger partial charge in [-0.15, -0.1) is 0 Å². The van der Waals surface area contributed by atoms with Gasteiger partial charge < -0.3 is 5.32 Å². The van der Waals surface area contributed by atoms with Crippen molar-refractivity contribution in [2.24, 2.45) is 0 Å². The van der Waals surface area contributed by atoms with Gasteiger partial charge in [0, 0.05) is 9.26 Å². The number of benzene rings is 3. The van der Waals surface area contributed by atoms with Gasteiger partial charge in [0.2, 0.25) is 5.91 Å². The van der Waals surface area contributed by atoms with Crippen LogP contribution in [0.15, 0.2) is 71.6 Å². The van der Waals surface area contributed by atoms with E-state index in [-0.39, 0.29) is 11.4 Å². The summed E-state index contributed by atoms with van der Waals surface area (Å²) in [6.07, 6.45) is 0. The summed E-state index contributed by atoms with van der Waals surface area (Å²) in [5.41, 5.74) is 3.84. The molecule has 3 aromatic carbocycles. The summed E-state index contributed by atoms with van der Waals surface area (Å²) in [6, 6.07) is 19.4. The van der Waals surface area contributed by atoms with E-state index < -0.39 is 15.9 Å². The second kappa shape index (κ2) is 9.18. The molecule has 0 bridgehead atoms. The maximum Gasteiger partial charge on any atom is 0.264 e. The molecule has 0 atom stereocenters. The molecule has 0 aromatic heterocycles. The van der Waals surface area contributed by atoms with E-state index >= 15 is 0 Å². The number of rotatable bonds is 6. The molecule has 7 heteroatoms. The van der Waals surface area contributed by atoms with Crippen LogP contribution in [-0.2, 0) is 14.8 Å². The third kappa shape index (κ3) is 5.02. The average molecular weight is 534 g/mol. The number of sulfonamides is 1. The maximum atomic E-state index is 13.5. The van der Waals surface area contributed by atoms with Crippen LogP contribution >= 0.6 is 22.6 Å². The highest BCUT2D eigenvalue weighted by Crippen LogP contribution is 2.28. The average Bonchev–Trinajstić information content (AvgIpc) is 2.70. The van der Waals surface area contributed by atoms with Gasteiger partial charge in [-0.25, -0.2) is 8.42 Å². The molecule has 0 aliphatic rings. The normalized spacial score (nSPS) is 11.2. The van der Waals surface area contributed by atoms with E-state index in [0.717, 1.165) is 20.3 Å². The number of halogens is 1. The summed E-state index contributed by atoms with van der Waals surface area (Å²) in [5, 5.41) is 2.79. The second-order valence-corrected chi connectivity index (χ2v) is 10.2. The first-order valence-corrected chi connectivity index (χ1v) is 11.9. The van der Waals surface area contributed by atoms with Gasteiger partial charge in [0.25, 0.3) is 10.0 Å². The first-order valence-electron chi connectivity index (χ1n) is 9.39. The Bertz CT molecular complexity index is 1160. The number of carbonyl (C=O) groups excluding carboxylic acids is 1. The van der Waals surface area contributed by atoms with Gasteiger partial charge in [0.05, 0.1) is 10.6 Å². The summed E-state index contributed by atoms with van der Waals surface area (Å²) in [7, 11) is -3.93. The standard InChI is InChI=1S/C23H23IN2O3S/c1-16-7-13-21(14-8-16)30(28,29)26(22-6-4-5-17(2)18(22)3)15-23(27)25-20-11-9-19(24)10-12-20/h4-14H,15H2,1-3H3,(H,25,27). The molecular weight excluding hydrogens is 511 g/mol. The molecule has 0 aliphatic carbocycles. The van der Waals surface area contributed by atoms with Crippen molar-refractivity contribution >= 4 is 49.9 Å². The molecule has 0 heterocycles. The van der Waals surface area contributed by atoms with E-state index in [2.05, 4.69) is 27.9 Å². The Balaban J connectivity index is 1.99. The van der Waals surface area contributed by atoms with Gasteiger partial charge in [0.1, 0.15) is 6.54 Å². The van der Waals surface area contributed by atoms with E-state index in [4.69, 9.17) is 0 Å². The number of nitrogens with zero attached hydrogens (tertiary/aromatic N) is 1. The van der Waals surface area contributed by atoms with Crippen molar-refractivity contribution < 1.29 is 13.2 Å². The van der Waals surface area contributed by atoms with Crippen LogP contribution in [0.25, 0.3) is 0 Å². The van der Waals surface area contributed by atoms with Crippen LogP contribution in [0.3, 0.4) is 0 Å². The van der Waals surface area contributed by atoms with Gasteiger partial charge >= 0.3 is 0 Å². The minimum Gasteiger partial charge on any atom is -0.325 e. The zero-order valence-electron chi connectivity index (χ0n) is 17.0. The number of nitrogens with one attached hydrogen (secondary N) is 1. The molecule has 0 saturated carbocycles. The fourth-order valence-corrected chi connectivity index (χ4v) is 4.85. The molecule has 30 heavy (non-hydrogen) atoms. The van der Waals surface area contributed by atoms with Crippen LogP contribution in [0.4, 0.5) is 11.4 Å². The highest BCUT2D eigenvalue weighted by Gasteiger charge is 2.28. The molecule has 0 fully saturated rings. The Hall–Kier alpha value is -2.39. The molecule has 1 N–H and O–H groups in total. The first kappa shape index (κ1) is 22.3. The molecule has 0 radical (unpaired) electrons. The summed E-state index contributed by atoms with van der Waals surface area (Å²) < 4.78 is 29.2. The zero-order chi connectivity index (χ0) is 21.9. The minimum absolute atomic E-state index is 0.149. The smallest absolute Gasteiger partial charge is 0.264 e. The van der Waals surface area contributed by atoms with Crippen molar-refractivity contribution in [2.45, 2.75) is 25.7 Å². The Kier molecular flexibility index (Phi) is 6.82. The number of hydrogen-bond donors (Lipinski definition) is 1. The van der Waals surface area contributed by atoms with E-state index in [9.17, 15) is 13.2 Å². The summed E-state index contributed by atoms with van der Waals surface area (Å²) in [6.45, 7) is 5.35. The molecule has 0 unspecified atom stereocenters. The molecule has 0 spiro atoms. The number of anilines is 2. The number of amides is 1. The molecule has 156 valence electrons. The highest BCUT2D eigenvalue weighted by atomic mass is 127. The SMILES string of the molecule is Cc1ccc(S(=O)(=O)N(CC(=O)Nc2ccc(I)cc2)c2cccc(C)c2C)cc1. The van der Waals surface area contributed by atoms with Crippen LogP contribution in [0, 0.1) is 24.3 Å². The van der Waals surface area contributed by atoms with E-state index in [0.29, 0.717) is 11.4 Å². The van der Waals surface area contributed by atoms with Crippen molar-refractivity contribution in [3.63, 3.8) is 0 Å². The Morgan fingerprint density at radius 1 is 0.933 bits per heavy atom. The molecular formula is C23H23IN2O3S. The fourth-order valence-electron chi connectivity index (χ4n) is 3.01. The molecule has 0 saturated heterocycles. The summed E-state index contributed by atoms with van der Waals surface area (Å²) in [5.74, 6) is -0.409. The van der Waals surface area contributed by atoms with Crippen molar-refractivity contribution in [3.05, 3.63) is 87.0 Å². The molecule has 3 aromatic rings. The summed E-state index contributed by atoms with van der Waals surface area (Å²) >= 11 is 2.18. The highest BCUT2D eigenvalue weighted by molar-refractivity contribution is 14.1. The van der Waals surface area contributed by atoms with Crippen molar-refractivity contribution in [1.82, 2.24) is 0 Å². The monoisotopic (exact) mass is 534 g/mol. The van der Waals surface area contributed by atoms with Crippen LogP contribution in [0.5, 0.6) is 0 Å². The Labute approximate surface area is 191 Å². The zero-order valence-corrected chi connectivity index (χ0v) is 20.0. The lowest BCUT2D eigenvalue weighted by atomic mass is 10.1. The number of carbonyl (C=O) groups is 1. The van der Waals surface area contributed by atoms with Crippen LogP contribution in [-0.4, -0.2) is 20.9 Å². The van der Waals surface area contributed by atoms with Gasteiger partial charge in [-0.05, 0) is 97.0 Å². The minimum atomic E-state index is -3.93. The third-order valence-corrected chi connectivity index (χ3v) is 7.36. The van der Waals surface area contributed by atoms with Crippen molar-refractivity contribution in [3.8, 4) is 0 Å². The van der Waals surface area contributed by atoms with Crippen LogP contribution in [0.2, 0.25) is 0 Å². The van der Waals surface area contributed by atoms with E-state index in [1.54, 1.807) is 48.5 Å². The fraction of sp³-hybridized carbons (Fsp3) is 0.174. The second-order valence-electron chi connectivity index (χ2n) is 7.10. The van der Waals surface area contributed by atoms with Gasteiger partial charge in [-0.1, -0.05) is 29.8 Å². The largest absolute Gasteiger partial charge is 0.325 e. The Morgan fingerprint density at radius 3 is 2.20 bits per heavy atom. The van der Waals surface area contributed by atoms with Gasteiger partial charge in [-0.3, -0.25) is 9.10 Å². The Morgan fingerprint density at radius 2 is 1.57 bits per heavy atom. The lowest BCUT2D eigenvalue weighted by Crippen LogP contribution is -2.38. The maximum absolute atomic E-state index is 13.5. The molecule has 3 rings (SSSR count). The van der Waals surface area contributed by atoms with E-state index in [1.165, 1.54) is 4.31 Å². The van der Waals surface area contributed by atoms with Crippen molar-refractivity contribution in [2.75, 3.05) is 16.2 Å². The molecule has 1 amide bonds. The predicted octanol–water partition coefficient (Wildman–Crippen LogP) is 5.05. The van der Waals surface area contributed by atoms with Crippen molar-refractivity contribution in [1.29, 1.82) is 0 Å². The van der Waals surface area contributed by atoms with Crippen LogP contribution in [0.1, 0.15) is 16.7 Å². The molecule has 0 aliphatic heterocycles. The number of aryl methyl sites for hydroxylation is 2. The first-order chi connectivity index (χ1) is 14.2. The predicted molar refractivity (Wildman–Crippen MR) is 129 cm³/mol. The molecule has 5 nitrogen and oxygen atoms in total. The lowest BCUT2D eigenvalue weighted by molar-refractivity contribution is -0.114. The lowest BCUT2D eigenvalue weighted by Gasteiger charge is -2.26. The quantitative estimate of drug-likeness (QED) is 0.451. The van der Waals surface area contributed by atoms with E-state index in [1.807, 2.05) is 39.0 Å². The van der Waals surface area contributed by atoms with Crippen LogP contribution < -0.4 is 9.62 Å². The number of hydrogen-bond acceptors (Lipinski definition) is 3. The third-order valence-electron chi connectivity index (χ3n) is 4.87.